The fraction of sp³-hybridized carbons (Fsp3) is 0.900. The van der Waals surface area contributed by atoms with Gasteiger partial charge < -0.3 is 10.6 Å². The van der Waals surface area contributed by atoms with E-state index < -0.39 is 0 Å². The van der Waals surface area contributed by atoms with Crippen molar-refractivity contribution in [2.45, 2.75) is 38.1 Å². The fourth-order valence-corrected chi connectivity index (χ4v) is 2.39. The van der Waals surface area contributed by atoms with Crippen LogP contribution >= 0.6 is 0 Å². The number of nitrogens with one attached hydrogen (secondary N) is 2. The van der Waals surface area contributed by atoms with Crippen LogP contribution in [0.15, 0.2) is 0 Å². The molecule has 0 atom stereocenters. The Morgan fingerprint density at radius 1 is 1.31 bits per heavy atom. The summed E-state index contributed by atoms with van der Waals surface area (Å²) in [4.78, 5) is 11.7. The third-order valence-electron chi connectivity index (χ3n) is 3.44. The van der Waals surface area contributed by atoms with Crippen LogP contribution in [0.5, 0.6) is 0 Å². The Bertz CT molecular complexity index is 207. The van der Waals surface area contributed by atoms with E-state index in [-0.39, 0.29) is 11.4 Å². The van der Waals surface area contributed by atoms with E-state index in [4.69, 9.17) is 0 Å². The number of rotatable bonds is 0. The lowest BCUT2D eigenvalue weighted by Crippen LogP contribution is -2.64. The summed E-state index contributed by atoms with van der Waals surface area (Å²) in [5.74, 6) is 1.02. The maximum absolute atomic E-state index is 11.7. The molecule has 1 aliphatic heterocycles. The molecule has 1 saturated carbocycles. The molecule has 0 unspecified atom stereocenters. The van der Waals surface area contributed by atoms with Gasteiger partial charge in [0, 0.05) is 13.1 Å². The SMILES string of the molecule is CC1CCC2(CC1)NCCNC2=O. The molecular weight excluding hydrogens is 164 g/mol. The Kier molecular flexibility index (Phi) is 2.28. The number of carbonyl (C=O) groups is 1. The van der Waals surface area contributed by atoms with Gasteiger partial charge in [0.15, 0.2) is 0 Å². The van der Waals surface area contributed by atoms with Gasteiger partial charge in [0.25, 0.3) is 0 Å². The van der Waals surface area contributed by atoms with Crippen LogP contribution in [0.1, 0.15) is 32.6 Å². The van der Waals surface area contributed by atoms with E-state index in [2.05, 4.69) is 17.6 Å². The van der Waals surface area contributed by atoms with Gasteiger partial charge in [-0.1, -0.05) is 6.92 Å². The molecule has 1 saturated heterocycles. The second-order valence-corrected chi connectivity index (χ2v) is 4.45. The van der Waals surface area contributed by atoms with Crippen molar-refractivity contribution in [3.63, 3.8) is 0 Å². The number of amides is 1. The molecule has 13 heavy (non-hydrogen) atoms. The van der Waals surface area contributed by atoms with Crippen LogP contribution in [0, 0.1) is 5.92 Å². The molecule has 0 radical (unpaired) electrons. The maximum Gasteiger partial charge on any atom is 0.240 e. The Morgan fingerprint density at radius 2 is 2.00 bits per heavy atom. The lowest BCUT2D eigenvalue weighted by molar-refractivity contribution is -0.131. The topological polar surface area (TPSA) is 41.1 Å². The van der Waals surface area contributed by atoms with Gasteiger partial charge in [-0.15, -0.1) is 0 Å². The van der Waals surface area contributed by atoms with E-state index in [0.29, 0.717) is 0 Å². The first-order valence-corrected chi connectivity index (χ1v) is 5.26. The summed E-state index contributed by atoms with van der Waals surface area (Å²) in [6.45, 7) is 3.99. The number of piperazine rings is 1. The zero-order valence-corrected chi connectivity index (χ0v) is 8.23. The molecule has 3 heteroatoms. The summed E-state index contributed by atoms with van der Waals surface area (Å²) in [6.07, 6.45) is 4.39. The van der Waals surface area contributed by atoms with Gasteiger partial charge in [-0.3, -0.25) is 4.79 Å². The zero-order chi connectivity index (χ0) is 9.31. The molecule has 1 amide bonds. The third-order valence-corrected chi connectivity index (χ3v) is 3.44. The van der Waals surface area contributed by atoms with Gasteiger partial charge in [0.1, 0.15) is 0 Å². The molecule has 1 heterocycles. The summed E-state index contributed by atoms with van der Waals surface area (Å²) < 4.78 is 0. The van der Waals surface area contributed by atoms with Crippen molar-refractivity contribution in [1.82, 2.24) is 10.6 Å². The minimum absolute atomic E-state index is 0.204. The predicted octanol–water partition coefficient (Wildman–Crippen LogP) is 0.655. The standard InChI is InChI=1S/C10H18N2O/c1-8-2-4-10(5-3-8)9(13)11-6-7-12-10/h8,12H,2-7H2,1H3,(H,11,13). The minimum Gasteiger partial charge on any atom is -0.353 e. The summed E-state index contributed by atoms with van der Waals surface area (Å²) in [5.41, 5.74) is -0.204. The Hall–Kier alpha value is -0.570. The zero-order valence-electron chi connectivity index (χ0n) is 8.23. The van der Waals surface area contributed by atoms with E-state index in [1.54, 1.807) is 0 Å². The van der Waals surface area contributed by atoms with Crippen LogP contribution < -0.4 is 10.6 Å². The molecule has 1 spiro atoms. The maximum atomic E-state index is 11.7. The molecule has 3 nitrogen and oxygen atoms in total. The van der Waals surface area contributed by atoms with Crippen molar-refractivity contribution < 1.29 is 4.79 Å². The summed E-state index contributed by atoms with van der Waals surface area (Å²) in [6, 6.07) is 0. The van der Waals surface area contributed by atoms with Crippen molar-refractivity contribution in [3.05, 3.63) is 0 Å². The average Bonchev–Trinajstić information content (AvgIpc) is 2.15. The largest absolute Gasteiger partial charge is 0.353 e. The van der Waals surface area contributed by atoms with Crippen LogP contribution in [0.2, 0.25) is 0 Å². The first kappa shape index (κ1) is 9.00. The predicted molar refractivity (Wildman–Crippen MR) is 51.4 cm³/mol. The minimum atomic E-state index is -0.204. The first-order valence-electron chi connectivity index (χ1n) is 5.26. The first-order chi connectivity index (χ1) is 6.23. The Labute approximate surface area is 79.3 Å². The molecule has 1 aliphatic carbocycles. The molecule has 0 aromatic heterocycles. The van der Waals surface area contributed by atoms with Crippen LogP contribution in [0.3, 0.4) is 0 Å². The normalized spacial score (nSPS) is 40.4. The fourth-order valence-electron chi connectivity index (χ4n) is 2.39. The number of hydrogen-bond donors (Lipinski definition) is 2. The highest BCUT2D eigenvalue weighted by molar-refractivity contribution is 5.87. The van der Waals surface area contributed by atoms with Crippen LogP contribution in [0.25, 0.3) is 0 Å². The lowest BCUT2D eigenvalue weighted by Gasteiger charge is -2.41. The number of hydrogen-bond acceptors (Lipinski definition) is 2. The smallest absolute Gasteiger partial charge is 0.240 e. The van der Waals surface area contributed by atoms with Crippen molar-refractivity contribution in [2.75, 3.05) is 13.1 Å². The van der Waals surface area contributed by atoms with E-state index in [1.165, 1.54) is 12.8 Å². The van der Waals surface area contributed by atoms with Gasteiger partial charge in [-0.2, -0.15) is 0 Å². The highest BCUT2D eigenvalue weighted by atomic mass is 16.2. The molecule has 74 valence electrons. The Balaban J connectivity index is 2.06. The second-order valence-electron chi connectivity index (χ2n) is 4.45. The van der Waals surface area contributed by atoms with Crippen molar-refractivity contribution in [1.29, 1.82) is 0 Å². The van der Waals surface area contributed by atoms with Gasteiger partial charge in [0.05, 0.1) is 5.54 Å². The van der Waals surface area contributed by atoms with Crippen LogP contribution in [-0.2, 0) is 4.79 Å². The molecule has 2 fully saturated rings. The lowest BCUT2D eigenvalue weighted by atomic mass is 9.76. The molecule has 0 bridgehead atoms. The highest BCUT2D eigenvalue weighted by Gasteiger charge is 2.41. The molecule has 2 rings (SSSR count). The molecule has 0 aromatic carbocycles. The molecule has 2 aliphatic rings. The van der Waals surface area contributed by atoms with Gasteiger partial charge in [-0.05, 0) is 31.6 Å². The van der Waals surface area contributed by atoms with E-state index >= 15 is 0 Å². The van der Waals surface area contributed by atoms with Crippen molar-refractivity contribution in [3.8, 4) is 0 Å². The van der Waals surface area contributed by atoms with Gasteiger partial charge in [-0.25, -0.2) is 0 Å². The van der Waals surface area contributed by atoms with Crippen molar-refractivity contribution in [2.24, 2.45) is 5.92 Å². The highest BCUT2D eigenvalue weighted by Crippen LogP contribution is 2.32. The van der Waals surface area contributed by atoms with Gasteiger partial charge in [0.2, 0.25) is 5.91 Å². The van der Waals surface area contributed by atoms with E-state index in [1.807, 2.05) is 0 Å². The number of carbonyl (C=O) groups excluding carboxylic acids is 1. The summed E-state index contributed by atoms with van der Waals surface area (Å²) >= 11 is 0. The summed E-state index contributed by atoms with van der Waals surface area (Å²) in [5, 5.41) is 6.35. The molecule has 2 N–H and O–H groups in total. The second kappa shape index (κ2) is 3.29. The van der Waals surface area contributed by atoms with Crippen LogP contribution in [0.4, 0.5) is 0 Å². The van der Waals surface area contributed by atoms with E-state index in [0.717, 1.165) is 31.8 Å². The summed E-state index contributed by atoms with van der Waals surface area (Å²) in [7, 11) is 0. The Morgan fingerprint density at radius 3 is 2.62 bits per heavy atom. The molecule has 0 aromatic rings. The monoisotopic (exact) mass is 182 g/mol. The van der Waals surface area contributed by atoms with Crippen molar-refractivity contribution >= 4 is 5.91 Å². The molecular formula is C10H18N2O. The van der Waals surface area contributed by atoms with Crippen LogP contribution in [-0.4, -0.2) is 24.5 Å². The third kappa shape index (κ3) is 1.57. The average molecular weight is 182 g/mol. The quantitative estimate of drug-likeness (QED) is 0.577. The van der Waals surface area contributed by atoms with E-state index in [9.17, 15) is 4.79 Å². The van der Waals surface area contributed by atoms with Gasteiger partial charge >= 0.3 is 0 Å².